The van der Waals surface area contributed by atoms with E-state index in [9.17, 15) is 34.2 Å². The summed E-state index contributed by atoms with van der Waals surface area (Å²) in [6.07, 6.45) is 10.8. The predicted molar refractivity (Wildman–Crippen MR) is 195 cm³/mol. The van der Waals surface area contributed by atoms with Crippen LogP contribution < -0.4 is 134 Å². The van der Waals surface area contributed by atoms with E-state index in [0.717, 1.165) is 50.5 Å². The van der Waals surface area contributed by atoms with Gasteiger partial charge in [-0.2, -0.15) is 54.2 Å². The number of hydrogen-bond donors (Lipinski definition) is 5. The maximum Gasteiger partial charge on any atom is 1.00 e. The Kier molecular flexibility index (Phi) is 57.5. The molecule has 0 saturated carbocycles. The molecule has 1 heterocycles. The number of unbranched alkanes of at least 4 members (excludes halogenated alkanes) is 2. The molecule has 2 aromatic carbocycles. The number of ether oxygens (including phenoxy) is 1. The van der Waals surface area contributed by atoms with Crippen LogP contribution in [0.1, 0.15) is 101 Å². The van der Waals surface area contributed by atoms with Crippen molar-refractivity contribution < 1.29 is 196 Å². The number of carboxylic acid groups (broad SMARTS) is 2. The van der Waals surface area contributed by atoms with Crippen molar-refractivity contribution in [2.24, 2.45) is 29.4 Å². The number of hydrogen-bond acceptors (Lipinski definition) is 16. The van der Waals surface area contributed by atoms with Crippen LogP contribution in [0.4, 0.5) is 0 Å². The van der Waals surface area contributed by atoms with Gasteiger partial charge in [0.15, 0.2) is 5.91 Å². The summed E-state index contributed by atoms with van der Waals surface area (Å²) in [7, 11) is 0. The maximum absolute atomic E-state index is 12.4. The number of aromatic hydroxyl groups is 2. The van der Waals surface area contributed by atoms with Gasteiger partial charge in [0.1, 0.15) is 11.3 Å². The number of nitrogens with two attached hydrogens (primary N) is 1. The number of rotatable bonds is 17. The van der Waals surface area contributed by atoms with Gasteiger partial charge in [0.25, 0.3) is 0 Å². The molecule has 6 N–H and O–H groups in total. The van der Waals surface area contributed by atoms with Crippen molar-refractivity contribution in [2.75, 3.05) is 0 Å². The van der Waals surface area contributed by atoms with E-state index in [-0.39, 0.29) is 196 Å². The number of esters is 2. The smallest absolute Gasteiger partial charge is 0.553 e. The molecule has 1 amide bonds. The number of phenols is 2. The van der Waals surface area contributed by atoms with E-state index in [1.807, 2.05) is 20.3 Å². The molecule has 0 aliphatic carbocycles. The second-order valence-electron chi connectivity index (χ2n) is 12.0. The third-order valence-electron chi connectivity index (χ3n) is 8.00. The third kappa shape index (κ3) is 36.1. The van der Waals surface area contributed by atoms with Gasteiger partial charge in [-0.15, -0.1) is 23.6 Å². The predicted octanol–water partition coefficient (Wildman–Crippen LogP) is -9.48. The van der Waals surface area contributed by atoms with E-state index in [0.29, 0.717) is 18.5 Å². The Morgan fingerprint density at radius 2 is 1.42 bits per heavy atom. The molecule has 22 heteroatoms. The Balaban J connectivity index is -0.000000141. The molecule has 4 unspecified atom stereocenters. The Bertz CT molecular complexity index is 1620. The van der Waals surface area contributed by atoms with Crippen LogP contribution in [-0.4, -0.2) is 63.6 Å². The van der Waals surface area contributed by atoms with Gasteiger partial charge >= 0.3 is 155 Å². The van der Waals surface area contributed by atoms with Gasteiger partial charge in [-0.3, -0.25) is 14.4 Å². The summed E-state index contributed by atoms with van der Waals surface area (Å²) in [6.45, 7) is 8.19. The molecule has 0 bridgehead atoms. The summed E-state index contributed by atoms with van der Waals surface area (Å²) < 4.78 is 4.46. The molecular formula is C40H50N2Na4O16. The van der Waals surface area contributed by atoms with Crippen LogP contribution in [0.15, 0.2) is 36.4 Å². The van der Waals surface area contributed by atoms with Gasteiger partial charge < -0.3 is 53.8 Å². The topological polar surface area (TPSA) is 319 Å². The number of carbonyl (C=O) groups is 5. The summed E-state index contributed by atoms with van der Waals surface area (Å²) >= 11 is 0. The first-order valence-electron chi connectivity index (χ1n) is 17.8. The van der Waals surface area contributed by atoms with E-state index >= 15 is 0 Å². The molecule has 1 aliphatic heterocycles. The molecule has 1 fully saturated rings. The number of benzene rings is 2. The van der Waals surface area contributed by atoms with Gasteiger partial charge in [-0.25, -0.2) is 4.79 Å². The summed E-state index contributed by atoms with van der Waals surface area (Å²) in [5.74, 6) is -4.10. The van der Waals surface area contributed by atoms with Crippen LogP contribution in [-0.2, 0) is 65.8 Å². The summed E-state index contributed by atoms with van der Waals surface area (Å²) in [4.78, 5) is 104. The van der Waals surface area contributed by atoms with Gasteiger partial charge in [-0.1, -0.05) is 71.3 Å². The molecule has 1 aliphatic rings. The first-order chi connectivity index (χ1) is 27.5. The average molecular weight is 907 g/mol. The Labute approximate surface area is 449 Å². The van der Waals surface area contributed by atoms with Crippen LogP contribution in [0.25, 0.3) is 0 Å². The van der Waals surface area contributed by atoms with Crippen molar-refractivity contribution in [3.63, 3.8) is 0 Å². The number of nitrogens with one attached hydrogen (secondary N) is 1. The number of aromatic carboxylic acids is 1. The third-order valence-corrected chi connectivity index (χ3v) is 8.00. The van der Waals surface area contributed by atoms with E-state index in [1.165, 1.54) is 12.1 Å². The monoisotopic (exact) mass is 906 g/mol. The molecule has 4 atom stereocenters. The van der Waals surface area contributed by atoms with Crippen molar-refractivity contribution in [3.8, 4) is 11.5 Å². The molecule has 2 aromatic rings. The minimum absolute atomic E-state index is 0. The van der Waals surface area contributed by atoms with Crippen LogP contribution in [0.2, 0.25) is 0 Å². The van der Waals surface area contributed by atoms with Crippen molar-refractivity contribution in [3.05, 3.63) is 72.0 Å². The standard InChI is InChI=1S/C21H30NO4.C8H9NO3.C8H12O3.3CO2.4Na/c1-3-8-18(10-7-5-6-9-17(4-2)21(25)26)20(24)22-15-16-11-13-19(23)14-12-16;9-4-5-1-2-7(10)6(3-5)8(11)12;1-3-4-6-5(2)7(9)11-8(6)10;3*2-1-3;;;;/h4,10-13,17-18,23H,3,5-9,15H2,1-2H3,(H,22,24)(H,25,26);1-3,10H,4,9H2,(H,11,12);5-6H,3-4H2,1-2H3;;;;;;;/q-3;;;;;;4*+1/p-1. The Morgan fingerprint density at radius 1 is 0.871 bits per heavy atom. The van der Waals surface area contributed by atoms with Crippen LogP contribution in [0.3, 0.4) is 0 Å². The first-order valence-corrected chi connectivity index (χ1v) is 17.8. The largest absolute Gasteiger partial charge is 1.00 e. The molecule has 3 rings (SSSR count). The SMILES string of the molecule is CCCC1C(=O)OC(=O)C1C.C[CH-]C(CCCC[CH-]C(CCC)C(=O)NCc1c[c-]c(O)cc1)C(=O)[O-].NCc1ccc(O)c(C(=O)O)c1.O=C=O.O=C=O.O=C=O.[Na+].[Na+].[Na+].[Na+]. The zero-order chi connectivity index (χ0) is 45.1. The fourth-order valence-electron chi connectivity index (χ4n) is 4.99. The molecular weight excluding hydrogens is 856 g/mol. The van der Waals surface area contributed by atoms with Crippen LogP contribution >= 0.6 is 0 Å². The zero-order valence-corrected chi connectivity index (χ0v) is 44.7. The van der Waals surface area contributed by atoms with Crippen LogP contribution in [0, 0.1) is 42.6 Å². The summed E-state index contributed by atoms with van der Waals surface area (Å²) in [5.41, 5.74) is 6.75. The van der Waals surface area contributed by atoms with Gasteiger partial charge in [0.2, 0.25) is 0 Å². The number of cyclic esters (lactones) is 2. The Morgan fingerprint density at radius 3 is 1.82 bits per heavy atom. The quantitative estimate of drug-likeness (QED) is 0.0324. The summed E-state index contributed by atoms with van der Waals surface area (Å²) in [5, 5.41) is 40.7. The molecule has 0 radical (unpaired) electrons. The van der Waals surface area contributed by atoms with Gasteiger partial charge in [0.05, 0.1) is 11.8 Å². The molecule has 1 saturated heterocycles. The minimum Gasteiger partial charge on any atom is -0.553 e. The fraction of sp³-hybridized carbons (Fsp3) is 0.450. The zero-order valence-electron chi connectivity index (χ0n) is 36.7. The van der Waals surface area contributed by atoms with Gasteiger partial charge in [0, 0.05) is 18.3 Å². The van der Waals surface area contributed by atoms with Crippen molar-refractivity contribution in [1.29, 1.82) is 0 Å². The second kappa shape index (κ2) is 48.2. The van der Waals surface area contributed by atoms with Crippen molar-refractivity contribution >= 4 is 48.2 Å². The maximum atomic E-state index is 12.4. The molecule has 0 aromatic heterocycles. The average Bonchev–Trinajstić information content (AvgIpc) is 3.42. The van der Waals surface area contributed by atoms with E-state index in [1.54, 1.807) is 44.5 Å². The normalized spacial score (nSPS) is 13.2. The van der Waals surface area contributed by atoms with E-state index in [4.69, 9.17) is 44.7 Å². The van der Waals surface area contributed by atoms with Crippen LogP contribution in [0.5, 0.6) is 11.5 Å². The number of carbonyl (C=O) groups excluding carboxylic acids is 10. The molecule has 62 heavy (non-hydrogen) atoms. The number of aliphatic carboxylic acids is 1. The molecule has 18 nitrogen and oxygen atoms in total. The fourth-order valence-corrected chi connectivity index (χ4v) is 4.99. The second-order valence-corrected chi connectivity index (χ2v) is 12.0. The minimum atomic E-state index is -1.15. The molecule has 320 valence electrons. The number of carboxylic acids is 2. The summed E-state index contributed by atoms with van der Waals surface area (Å²) in [6, 6.07) is 11.9. The van der Waals surface area contributed by atoms with Gasteiger partial charge in [-0.05, 0) is 30.7 Å². The van der Waals surface area contributed by atoms with E-state index in [2.05, 4.69) is 16.1 Å². The Hall–Kier alpha value is -2.31. The number of amides is 1. The van der Waals surface area contributed by atoms with Crippen molar-refractivity contribution in [1.82, 2.24) is 5.32 Å². The molecule has 0 spiro atoms. The first kappa shape index (κ1) is 74.1. The van der Waals surface area contributed by atoms with E-state index < -0.39 is 17.9 Å². The number of phenolic OH excluding ortho intramolecular Hbond substituents is 1. The van der Waals surface area contributed by atoms with Crippen molar-refractivity contribution in [2.45, 2.75) is 92.2 Å².